The van der Waals surface area contributed by atoms with Crippen LogP contribution in [0.25, 0.3) is 10.9 Å². The standard InChI is InChI=1S/C23H29N5O/c1-27-13-14-28(16-18-7-3-2-4-8-18)17-19(15-27)11-12-24-23(29)22-20-9-5-6-10-21(20)25-26-22/h2-10,19H,11-17H2,1H3,(H,24,29)(H,25,26). The number of aromatic amines is 1. The Hall–Kier alpha value is -2.70. The van der Waals surface area contributed by atoms with Crippen molar-refractivity contribution in [2.75, 3.05) is 39.8 Å². The van der Waals surface area contributed by atoms with Crippen LogP contribution in [0.3, 0.4) is 0 Å². The van der Waals surface area contributed by atoms with Gasteiger partial charge in [-0.25, -0.2) is 0 Å². The third kappa shape index (κ3) is 5.02. The highest BCUT2D eigenvalue weighted by atomic mass is 16.1. The molecule has 1 atom stereocenters. The van der Waals surface area contributed by atoms with Crippen LogP contribution in [0.5, 0.6) is 0 Å². The Morgan fingerprint density at radius 1 is 1.10 bits per heavy atom. The van der Waals surface area contributed by atoms with E-state index in [2.05, 4.69) is 62.7 Å². The highest BCUT2D eigenvalue weighted by Gasteiger charge is 2.21. The van der Waals surface area contributed by atoms with Crippen molar-refractivity contribution in [2.45, 2.75) is 13.0 Å². The average Bonchev–Trinajstić information content (AvgIpc) is 3.08. The summed E-state index contributed by atoms with van der Waals surface area (Å²) in [4.78, 5) is 17.5. The molecule has 4 rings (SSSR count). The number of nitrogens with one attached hydrogen (secondary N) is 2. The largest absolute Gasteiger partial charge is 0.351 e. The Bertz CT molecular complexity index is 939. The maximum atomic E-state index is 12.6. The lowest BCUT2D eigenvalue weighted by Gasteiger charge is -2.24. The number of rotatable bonds is 6. The molecule has 2 N–H and O–H groups in total. The van der Waals surface area contributed by atoms with Gasteiger partial charge in [0, 0.05) is 44.7 Å². The average molecular weight is 392 g/mol. The van der Waals surface area contributed by atoms with Crippen molar-refractivity contribution in [3.05, 3.63) is 65.9 Å². The van der Waals surface area contributed by atoms with Crippen LogP contribution in [-0.4, -0.2) is 65.7 Å². The summed E-state index contributed by atoms with van der Waals surface area (Å²) in [5.74, 6) is 0.424. The summed E-state index contributed by atoms with van der Waals surface area (Å²) in [5.41, 5.74) is 2.72. The zero-order valence-corrected chi connectivity index (χ0v) is 17.0. The predicted molar refractivity (Wildman–Crippen MR) is 116 cm³/mol. The molecule has 29 heavy (non-hydrogen) atoms. The number of H-pyrrole nitrogens is 1. The molecule has 1 fully saturated rings. The van der Waals surface area contributed by atoms with E-state index in [-0.39, 0.29) is 5.91 Å². The fraction of sp³-hybridized carbons (Fsp3) is 0.391. The van der Waals surface area contributed by atoms with E-state index < -0.39 is 0 Å². The molecule has 2 heterocycles. The molecule has 1 saturated heterocycles. The Kier molecular flexibility index (Phi) is 6.22. The molecule has 152 valence electrons. The van der Waals surface area contributed by atoms with Crippen LogP contribution >= 0.6 is 0 Å². The minimum Gasteiger partial charge on any atom is -0.351 e. The van der Waals surface area contributed by atoms with Gasteiger partial charge in [0.25, 0.3) is 5.91 Å². The molecule has 0 bridgehead atoms. The summed E-state index contributed by atoms with van der Waals surface area (Å²) in [6, 6.07) is 18.4. The van der Waals surface area contributed by atoms with Gasteiger partial charge < -0.3 is 10.2 Å². The van der Waals surface area contributed by atoms with Crippen LogP contribution in [0.2, 0.25) is 0 Å². The number of hydrogen-bond donors (Lipinski definition) is 2. The van der Waals surface area contributed by atoms with Gasteiger partial charge in [0.1, 0.15) is 0 Å². The monoisotopic (exact) mass is 391 g/mol. The molecule has 1 aliphatic heterocycles. The molecule has 1 unspecified atom stereocenters. The van der Waals surface area contributed by atoms with E-state index in [0.29, 0.717) is 18.2 Å². The van der Waals surface area contributed by atoms with Crippen LogP contribution in [0.15, 0.2) is 54.6 Å². The first kappa shape index (κ1) is 19.6. The first-order chi connectivity index (χ1) is 14.2. The summed E-state index contributed by atoms with van der Waals surface area (Å²) in [7, 11) is 2.19. The Morgan fingerprint density at radius 3 is 2.76 bits per heavy atom. The van der Waals surface area contributed by atoms with Crippen molar-refractivity contribution in [2.24, 2.45) is 5.92 Å². The lowest BCUT2D eigenvalue weighted by atomic mass is 10.0. The second kappa shape index (κ2) is 9.20. The van der Waals surface area contributed by atoms with Crippen molar-refractivity contribution in [1.29, 1.82) is 0 Å². The molecule has 0 radical (unpaired) electrons. The van der Waals surface area contributed by atoms with Crippen LogP contribution in [0.1, 0.15) is 22.5 Å². The zero-order valence-electron chi connectivity index (χ0n) is 17.0. The van der Waals surface area contributed by atoms with Crippen LogP contribution in [0.4, 0.5) is 0 Å². The minimum absolute atomic E-state index is 0.106. The summed E-state index contributed by atoms with van der Waals surface area (Å²) in [6.45, 7) is 5.92. The number of amides is 1. The molecule has 6 heteroatoms. The van der Waals surface area contributed by atoms with Crippen molar-refractivity contribution in [3.8, 4) is 0 Å². The van der Waals surface area contributed by atoms with Gasteiger partial charge >= 0.3 is 0 Å². The van der Waals surface area contributed by atoms with Gasteiger partial charge in [-0.15, -0.1) is 0 Å². The molecule has 3 aromatic rings. The van der Waals surface area contributed by atoms with Gasteiger partial charge in [0.15, 0.2) is 5.69 Å². The Balaban J connectivity index is 1.32. The highest BCUT2D eigenvalue weighted by Crippen LogP contribution is 2.16. The number of para-hydroxylation sites is 1. The van der Waals surface area contributed by atoms with Gasteiger partial charge in [0.2, 0.25) is 0 Å². The second-order valence-corrected chi connectivity index (χ2v) is 8.01. The summed E-state index contributed by atoms with van der Waals surface area (Å²) in [6.07, 6.45) is 0.962. The van der Waals surface area contributed by atoms with Crippen molar-refractivity contribution >= 4 is 16.8 Å². The predicted octanol–water partition coefficient (Wildman–Crippen LogP) is 2.75. The molecule has 0 spiro atoms. The maximum absolute atomic E-state index is 12.6. The highest BCUT2D eigenvalue weighted by molar-refractivity contribution is 6.04. The first-order valence-corrected chi connectivity index (χ1v) is 10.3. The molecule has 0 saturated carbocycles. The van der Waals surface area contributed by atoms with Gasteiger partial charge in [0.05, 0.1) is 5.52 Å². The number of fused-ring (bicyclic) bond motifs is 1. The van der Waals surface area contributed by atoms with Gasteiger partial charge in [-0.3, -0.25) is 14.8 Å². The van der Waals surface area contributed by atoms with E-state index in [1.807, 2.05) is 24.3 Å². The summed E-state index contributed by atoms with van der Waals surface area (Å²) in [5, 5.41) is 11.1. The van der Waals surface area contributed by atoms with Crippen LogP contribution in [-0.2, 0) is 6.54 Å². The Morgan fingerprint density at radius 2 is 1.90 bits per heavy atom. The SMILES string of the molecule is CN1CCN(Cc2ccccc2)CC(CCNC(=O)c2n[nH]c3ccccc23)C1. The lowest BCUT2D eigenvalue weighted by molar-refractivity contribution is 0.0946. The van der Waals surface area contributed by atoms with E-state index in [9.17, 15) is 4.79 Å². The quantitative estimate of drug-likeness (QED) is 0.678. The fourth-order valence-corrected chi connectivity index (χ4v) is 4.14. The van der Waals surface area contributed by atoms with Crippen LogP contribution in [0, 0.1) is 5.92 Å². The number of nitrogens with zero attached hydrogens (tertiary/aromatic N) is 3. The number of likely N-dealkylation sites (N-methyl/N-ethyl adjacent to an activating group) is 1. The number of carbonyl (C=O) groups is 1. The molecule has 0 aliphatic carbocycles. The molecule has 1 aromatic heterocycles. The first-order valence-electron chi connectivity index (χ1n) is 10.3. The third-order valence-electron chi connectivity index (χ3n) is 5.66. The zero-order chi connectivity index (χ0) is 20.1. The normalized spacial score (nSPS) is 18.6. The summed E-state index contributed by atoms with van der Waals surface area (Å²) >= 11 is 0. The number of aromatic nitrogens is 2. The Labute approximate surface area is 171 Å². The third-order valence-corrected chi connectivity index (χ3v) is 5.66. The van der Waals surface area contributed by atoms with E-state index in [4.69, 9.17) is 0 Å². The van der Waals surface area contributed by atoms with Crippen molar-refractivity contribution in [1.82, 2.24) is 25.3 Å². The molecule has 6 nitrogen and oxygen atoms in total. The molecule has 2 aromatic carbocycles. The van der Waals surface area contributed by atoms with Crippen molar-refractivity contribution < 1.29 is 4.79 Å². The van der Waals surface area contributed by atoms with Gasteiger partial charge in [-0.1, -0.05) is 48.5 Å². The van der Waals surface area contributed by atoms with Crippen LogP contribution < -0.4 is 5.32 Å². The van der Waals surface area contributed by atoms with Gasteiger partial charge in [-0.05, 0) is 31.0 Å². The molecular formula is C23H29N5O. The molecular weight excluding hydrogens is 362 g/mol. The smallest absolute Gasteiger partial charge is 0.272 e. The topological polar surface area (TPSA) is 64.3 Å². The van der Waals surface area contributed by atoms with Crippen molar-refractivity contribution in [3.63, 3.8) is 0 Å². The molecule has 1 aliphatic rings. The van der Waals surface area contributed by atoms with Gasteiger partial charge in [-0.2, -0.15) is 5.10 Å². The number of benzene rings is 2. The maximum Gasteiger partial charge on any atom is 0.272 e. The van der Waals surface area contributed by atoms with E-state index in [1.165, 1.54) is 5.56 Å². The lowest BCUT2D eigenvalue weighted by Crippen LogP contribution is -2.33. The van der Waals surface area contributed by atoms with E-state index in [1.54, 1.807) is 0 Å². The van der Waals surface area contributed by atoms with E-state index in [0.717, 1.165) is 50.0 Å². The summed E-state index contributed by atoms with van der Waals surface area (Å²) < 4.78 is 0. The van der Waals surface area contributed by atoms with E-state index >= 15 is 0 Å². The second-order valence-electron chi connectivity index (χ2n) is 8.01. The molecule has 1 amide bonds. The number of hydrogen-bond acceptors (Lipinski definition) is 4. The number of carbonyl (C=O) groups excluding carboxylic acids is 1. The minimum atomic E-state index is -0.106. The fourth-order valence-electron chi connectivity index (χ4n) is 4.14.